The predicted octanol–water partition coefficient (Wildman–Crippen LogP) is 2.09. The first-order valence-electron chi connectivity index (χ1n) is 5.62. The van der Waals surface area contributed by atoms with Crippen molar-refractivity contribution in [2.24, 2.45) is 5.92 Å². The second-order valence-corrected chi connectivity index (χ2v) is 4.16. The van der Waals surface area contributed by atoms with E-state index in [9.17, 15) is 9.18 Å². The summed E-state index contributed by atoms with van der Waals surface area (Å²) in [7, 11) is 0. The Morgan fingerprint density at radius 3 is 3.12 bits per heavy atom. The van der Waals surface area contributed by atoms with Crippen molar-refractivity contribution in [3.8, 4) is 0 Å². The van der Waals surface area contributed by atoms with Crippen LogP contribution in [-0.2, 0) is 0 Å². The van der Waals surface area contributed by atoms with E-state index in [2.05, 4.69) is 11.9 Å². The highest BCUT2D eigenvalue weighted by Gasteiger charge is 2.27. The Morgan fingerprint density at radius 1 is 1.69 bits per heavy atom. The van der Waals surface area contributed by atoms with Crippen LogP contribution in [0.25, 0.3) is 0 Å². The molecule has 1 unspecified atom stereocenters. The average Bonchev–Trinajstić information content (AvgIpc) is 2.77. The molecule has 0 N–H and O–H groups in total. The first-order valence-corrected chi connectivity index (χ1v) is 5.62. The van der Waals surface area contributed by atoms with Crippen LogP contribution in [0.4, 0.5) is 4.39 Å². The number of halogens is 1. The van der Waals surface area contributed by atoms with E-state index in [1.165, 1.54) is 12.3 Å². The van der Waals surface area contributed by atoms with Gasteiger partial charge in [0.1, 0.15) is 0 Å². The molecule has 0 aliphatic carbocycles. The minimum absolute atomic E-state index is 0.0826. The smallest absolute Gasteiger partial charge is 0.258 e. The van der Waals surface area contributed by atoms with Crippen LogP contribution in [0.3, 0.4) is 0 Å². The van der Waals surface area contributed by atoms with Crippen molar-refractivity contribution in [3.05, 3.63) is 29.8 Å². The topological polar surface area (TPSA) is 33.2 Å². The Balaban J connectivity index is 2.12. The van der Waals surface area contributed by atoms with Crippen molar-refractivity contribution < 1.29 is 9.18 Å². The van der Waals surface area contributed by atoms with Gasteiger partial charge in [0.15, 0.2) is 0 Å². The molecule has 0 saturated carbocycles. The molecule has 4 heteroatoms. The highest BCUT2D eigenvalue weighted by molar-refractivity contribution is 5.94. The molecule has 2 heterocycles. The van der Waals surface area contributed by atoms with Crippen molar-refractivity contribution in [1.29, 1.82) is 0 Å². The van der Waals surface area contributed by atoms with Crippen molar-refractivity contribution in [1.82, 2.24) is 9.88 Å². The molecule has 1 fully saturated rings. The molecule has 1 aromatic rings. The standard InChI is InChI=1S/C12H15FN2O/c1-2-9-5-7-15(8-9)12(16)10-4-3-6-14-11(10)13/h3-4,6,9H,2,5,7-8H2,1H3. The van der Waals surface area contributed by atoms with Crippen LogP contribution in [-0.4, -0.2) is 28.9 Å². The SMILES string of the molecule is CCC1CCN(C(=O)c2cccnc2F)C1. The van der Waals surface area contributed by atoms with Crippen LogP contribution in [0, 0.1) is 11.9 Å². The van der Waals surface area contributed by atoms with Gasteiger partial charge in [0, 0.05) is 19.3 Å². The third-order valence-corrected chi connectivity index (χ3v) is 3.14. The fourth-order valence-electron chi connectivity index (χ4n) is 2.07. The molecule has 0 bridgehead atoms. The van der Waals surface area contributed by atoms with Gasteiger partial charge < -0.3 is 4.90 Å². The summed E-state index contributed by atoms with van der Waals surface area (Å²) in [5.41, 5.74) is 0.0826. The summed E-state index contributed by atoms with van der Waals surface area (Å²) in [6.45, 7) is 3.58. The van der Waals surface area contributed by atoms with Crippen LogP contribution < -0.4 is 0 Å². The molecule has 0 spiro atoms. The lowest BCUT2D eigenvalue weighted by Crippen LogP contribution is -2.29. The largest absolute Gasteiger partial charge is 0.338 e. The Kier molecular flexibility index (Phi) is 3.17. The van der Waals surface area contributed by atoms with E-state index in [1.54, 1.807) is 11.0 Å². The highest BCUT2D eigenvalue weighted by atomic mass is 19.1. The predicted molar refractivity (Wildman–Crippen MR) is 58.5 cm³/mol. The number of pyridine rings is 1. The summed E-state index contributed by atoms with van der Waals surface area (Å²) < 4.78 is 13.3. The number of likely N-dealkylation sites (tertiary alicyclic amines) is 1. The van der Waals surface area contributed by atoms with E-state index in [0.29, 0.717) is 5.92 Å². The third-order valence-electron chi connectivity index (χ3n) is 3.14. The summed E-state index contributed by atoms with van der Waals surface area (Å²) in [6, 6.07) is 3.08. The zero-order valence-electron chi connectivity index (χ0n) is 9.32. The molecule has 1 amide bonds. The Bertz CT molecular complexity index is 394. The fourth-order valence-corrected chi connectivity index (χ4v) is 2.07. The lowest BCUT2D eigenvalue weighted by atomic mass is 10.1. The first-order chi connectivity index (χ1) is 7.72. The first kappa shape index (κ1) is 11.0. The number of carbonyl (C=O) groups is 1. The number of nitrogens with zero attached hydrogens (tertiary/aromatic N) is 2. The number of rotatable bonds is 2. The van der Waals surface area contributed by atoms with Crippen LogP contribution in [0.15, 0.2) is 18.3 Å². The second kappa shape index (κ2) is 4.60. The molecule has 1 atom stereocenters. The second-order valence-electron chi connectivity index (χ2n) is 4.16. The normalized spacial score (nSPS) is 20.1. The van der Waals surface area contributed by atoms with Gasteiger partial charge in [-0.25, -0.2) is 4.98 Å². The minimum atomic E-state index is -0.674. The quantitative estimate of drug-likeness (QED) is 0.718. The zero-order valence-corrected chi connectivity index (χ0v) is 9.32. The summed E-state index contributed by atoms with van der Waals surface area (Å²) >= 11 is 0. The van der Waals surface area contributed by atoms with Crippen LogP contribution >= 0.6 is 0 Å². The molecule has 0 aromatic carbocycles. The molecule has 86 valence electrons. The number of hydrogen-bond acceptors (Lipinski definition) is 2. The minimum Gasteiger partial charge on any atom is -0.338 e. The van der Waals surface area contributed by atoms with E-state index in [1.807, 2.05) is 0 Å². The van der Waals surface area contributed by atoms with Crippen LogP contribution in [0.2, 0.25) is 0 Å². The Hall–Kier alpha value is -1.45. The number of aromatic nitrogens is 1. The fraction of sp³-hybridized carbons (Fsp3) is 0.500. The molecular weight excluding hydrogens is 207 g/mol. The van der Waals surface area contributed by atoms with Crippen molar-refractivity contribution in [2.75, 3.05) is 13.1 Å². The van der Waals surface area contributed by atoms with Gasteiger partial charge in [0.05, 0.1) is 5.56 Å². The maximum Gasteiger partial charge on any atom is 0.258 e. The summed E-state index contributed by atoms with van der Waals surface area (Å²) in [5.74, 6) is -0.349. The molecule has 2 rings (SSSR count). The monoisotopic (exact) mass is 222 g/mol. The summed E-state index contributed by atoms with van der Waals surface area (Å²) in [5, 5.41) is 0. The zero-order chi connectivity index (χ0) is 11.5. The third kappa shape index (κ3) is 2.05. The van der Waals surface area contributed by atoms with Crippen molar-refractivity contribution >= 4 is 5.91 Å². The Labute approximate surface area is 94.3 Å². The number of carbonyl (C=O) groups excluding carboxylic acids is 1. The van der Waals surface area contributed by atoms with Crippen LogP contribution in [0.5, 0.6) is 0 Å². The summed E-state index contributed by atoms with van der Waals surface area (Å²) in [4.78, 5) is 17.2. The Morgan fingerprint density at radius 2 is 2.50 bits per heavy atom. The molecule has 1 aromatic heterocycles. The lowest BCUT2D eigenvalue weighted by molar-refractivity contribution is 0.0781. The van der Waals surface area contributed by atoms with E-state index in [-0.39, 0.29) is 11.5 Å². The van der Waals surface area contributed by atoms with E-state index >= 15 is 0 Å². The van der Waals surface area contributed by atoms with Gasteiger partial charge in [0.25, 0.3) is 5.91 Å². The van der Waals surface area contributed by atoms with Crippen molar-refractivity contribution in [2.45, 2.75) is 19.8 Å². The molecule has 0 radical (unpaired) electrons. The van der Waals surface area contributed by atoms with Gasteiger partial charge in [-0.2, -0.15) is 4.39 Å². The van der Waals surface area contributed by atoms with Gasteiger partial charge in [-0.3, -0.25) is 4.79 Å². The van der Waals surface area contributed by atoms with Gasteiger partial charge in [-0.15, -0.1) is 0 Å². The van der Waals surface area contributed by atoms with Gasteiger partial charge in [-0.05, 0) is 24.5 Å². The lowest BCUT2D eigenvalue weighted by Gasteiger charge is -2.16. The molecule has 16 heavy (non-hydrogen) atoms. The summed E-state index contributed by atoms with van der Waals surface area (Å²) in [6.07, 6.45) is 3.44. The maximum atomic E-state index is 13.3. The molecular formula is C12H15FN2O. The van der Waals surface area contributed by atoms with Gasteiger partial charge in [0.2, 0.25) is 5.95 Å². The molecule has 3 nitrogen and oxygen atoms in total. The molecule has 1 aliphatic rings. The average molecular weight is 222 g/mol. The van der Waals surface area contributed by atoms with Gasteiger partial charge >= 0.3 is 0 Å². The van der Waals surface area contributed by atoms with E-state index in [0.717, 1.165) is 25.9 Å². The van der Waals surface area contributed by atoms with Crippen molar-refractivity contribution in [3.63, 3.8) is 0 Å². The van der Waals surface area contributed by atoms with Crippen LogP contribution in [0.1, 0.15) is 30.1 Å². The van der Waals surface area contributed by atoms with E-state index in [4.69, 9.17) is 0 Å². The molecule has 1 saturated heterocycles. The maximum absolute atomic E-state index is 13.3. The van der Waals surface area contributed by atoms with Gasteiger partial charge in [-0.1, -0.05) is 13.3 Å². The molecule has 1 aliphatic heterocycles. The highest BCUT2D eigenvalue weighted by Crippen LogP contribution is 2.21. The van der Waals surface area contributed by atoms with E-state index < -0.39 is 5.95 Å². The number of hydrogen-bond donors (Lipinski definition) is 0. The number of amides is 1.